The van der Waals surface area contributed by atoms with E-state index < -0.39 is 0 Å². The Hall–Kier alpha value is -2.40. The van der Waals surface area contributed by atoms with Gasteiger partial charge in [-0.15, -0.1) is 0 Å². The molecule has 0 spiro atoms. The SMILES string of the molecule is C/C(=C\c1cc(C)c(O)c(C)c1)CC[C@H]1OC[C@H]2C1=C(C(C)C)C[C@H]1C(=O)N(C)C(=O)[C@H]12. The molecule has 172 valence electrons. The molecule has 1 N–H and O–H groups in total. The van der Waals surface area contributed by atoms with Crippen molar-refractivity contribution in [3.63, 3.8) is 0 Å². The van der Waals surface area contributed by atoms with Gasteiger partial charge in [-0.1, -0.05) is 31.1 Å². The molecule has 1 aromatic rings. The van der Waals surface area contributed by atoms with Gasteiger partial charge in [0.25, 0.3) is 0 Å². The van der Waals surface area contributed by atoms with E-state index in [1.165, 1.54) is 21.6 Å². The number of nitrogens with zero attached hydrogens (tertiary/aromatic N) is 1. The average Bonchev–Trinajstić information content (AvgIpc) is 3.25. The highest BCUT2D eigenvalue weighted by Crippen LogP contribution is 2.51. The zero-order valence-electron chi connectivity index (χ0n) is 20.1. The van der Waals surface area contributed by atoms with E-state index in [0.29, 0.717) is 24.7 Å². The van der Waals surface area contributed by atoms with Crippen LogP contribution in [0.5, 0.6) is 5.75 Å². The average molecular weight is 438 g/mol. The number of aryl methyl sites for hydroxylation is 2. The normalized spacial score (nSPS) is 28.1. The Bertz CT molecular complexity index is 995. The first-order valence-corrected chi connectivity index (χ1v) is 11.7. The van der Waals surface area contributed by atoms with Crippen molar-refractivity contribution in [1.82, 2.24) is 4.90 Å². The summed E-state index contributed by atoms with van der Waals surface area (Å²) in [6.07, 6.45) is 4.64. The largest absolute Gasteiger partial charge is 0.507 e. The van der Waals surface area contributed by atoms with E-state index in [0.717, 1.165) is 29.5 Å². The maximum absolute atomic E-state index is 12.8. The molecule has 2 fully saturated rings. The van der Waals surface area contributed by atoms with Crippen LogP contribution in [0.4, 0.5) is 0 Å². The first kappa shape index (κ1) is 22.8. The van der Waals surface area contributed by atoms with Crippen LogP contribution in [-0.4, -0.2) is 41.6 Å². The van der Waals surface area contributed by atoms with Crippen LogP contribution < -0.4 is 0 Å². The number of hydrogen-bond donors (Lipinski definition) is 1. The Labute approximate surface area is 191 Å². The van der Waals surface area contributed by atoms with Gasteiger partial charge in [0.2, 0.25) is 11.8 Å². The Balaban J connectivity index is 1.54. The van der Waals surface area contributed by atoms with Gasteiger partial charge in [-0.05, 0) is 80.3 Å². The number of aromatic hydroxyl groups is 1. The topological polar surface area (TPSA) is 66.8 Å². The number of hydrogen-bond acceptors (Lipinski definition) is 4. The zero-order chi connectivity index (χ0) is 23.3. The Morgan fingerprint density at radius 1 is 1.19 bits per heavy atom. The van der Waals surface area contributed by atoms with E-state index in [-0.39, 0.29) is 35.7 Å². The first-order chi connectivity index (χ1) is 15.1. The van der Waals surface area contributed by atoms with Gasteiger partial charge in [0, 0.05) is 13.0 Å². The molecule has 0 bridgehead atoms. The van der Waals surface area contributed by atoms with Crippen molar-refractivity contribution in [2.45, 2.75) is 60.0 Å². The molecule has 2 heterocycles. The molecule has 4 atom stereocenters. The molecule has 5 nitrogen and oxygen atoms in total. The molecule has 0 unspecified atom stereocenters. The second kappa shape index (κ2) is 8.51. The third kappa shape index (κ3) is 3.81. The Kier molecular flexibility index (Phi) is 6.06. The highest BCUT2D eigenvalue weighted by atomic mass is 16.5. The van der Waals surface area contributed by atoms with Crippen molar-refractivity contribution in [3.05, 3.63) is 45.5 Å². The number of rotatable bonds is 5. The number of ether oxygens (including phenoxy) is 1. The monoisotopic (exact) mass is 437 g/mol. The van der Waals surface area contributed by atoms with Gasteiger partial charge in [0.1, 0.15) is 5.75 Å². The van der Waals surface area contributed by atoms with Crippen molar-refractivity contribution in [1.29, 1.82) is 0 Å². The van der Waals surface area contributed by atoms with Gasteiger partial charge in [0.15, 0.2) is 0 Å². The summed E-state index contributed by atoms with van der Waals surface area (Å²) in [5.41, 5.74) is 6.74. The summed E-state index contributed by atoms with van der Waals surface area (Å²) in [5.74, 6) is 0.190. The number of benzene rings is 1. The molecule has 1 aromatic carbocycles. The fourth-order valence-electron chi connectivity index (χ4n) is 5.90. The smallest absolute Gasteiger partial charge is 0.233 e. The number of fused-ring (bicyclic) bond motifs is 3. The first-order valence-electron chi connectivity index (χ1n) is 11.7. The third-order valence-electron chi connectivity index (χ3n) is 7.59. The van der Waals surface area contributed by atoms with E-state index in [1.807, 2.05) is 26.0 Å². The van der Waals surface area contributed by atoms with Gasteiger partial charge in [-0.3, -0.25) is 14.5 Å². The number of allylic oxidation sites excluding steroid dienone is 2. The Morgan fingerprint density at radius 3 is 2.47 bits per heavy atom. The fraction of sp³-hybridized carbons (Fsp3) is 0.556. The van der Waals surface area contributed by atoms with Crippen LogP contribution >= 0.6 is 0 Å². The van der Waals surface area contributed by atoms with Crippen molar-refractivity contribution < 1.29 is 19.4 Å². The summed E-state index contributed by atoms with van der Waals surface area (Å²) >= 11 is 0. The van der Waals surface area contributed by atoms with Gasteiger partial charge in [0.05, 0.1) is 24.5 Å². The molecular weight excluding hydrogens is 402 g/mol. The number of imide groups is 1. The van der Waals surface area contributed by atoms with Gasteiger partial charge in [-0.25, -0.2) is 0 Å². The lowest BCUT2D eigenvalue weighted by atomic mass is 9.67. The molecular formula is C27H35NO4. The van der Waals surface area contributed by atoms with Crippen molar-refractivity contribution in [2.75, 3.05) is 13.7 Å². The predicted molar refractivity (Wildman–Crippen MR) is 125 cm³/mol. The molecule has 2 amide bonds. The van der Waals surface area contributed by atoms with Crippen LogP contribution in [-0.2, 0) is 14.3 Å². The second-order valence-electron chi connectivity index (χ2n) is 10.2. The molecule has 1 aliphatic carbocycles. The van der Waals surface area contributed by atoms with Crippen LogP contribution in [0, 0.1) is 37.5 Å². The lowest BCUT2D eigenvalue weighted by Crippen LogP contribution is -2.34. The molecule has 2 saturated heterocycles. The second-order valence-corrected chi connectivity index (χ2v) is 10.2. The summed E-state index contributed by atoms with van der Waals surface area (Å²) in [5, 5.41) is 10.0. The van der Waals surface area contributed by atoms with E-state index in [2.05, 4.69) is 26.8 Å². The summed E-state index contributed by atoms with van der Waals surface area (Å²) in [6.45, 7) is 10.9. The maximum Gasteiger partial charge on any atom is 0.233 e. The van der Waals surface area contributed by atoms with Crippen molar-refractivity contribution in [3.8, 4) is 5.75 Å². The summed E-state index contributed by atoms with van der Waals surface area (Å²) in [7, 11) is 1.62. The van der Waals surface area contributed by atoms with Crippen LogP contribution in [0.25, 0.3) is 6.08 Å². The number of likely N-dealkylation sites (tertiary alicyclic amines) is 1. The molecule has 0 radical (unpaired) electrons. The van der Waals surface area contributed by atoms with Crippen LogP contribution in [0.1, 0.15) is 56.7 Å². The van der Waals surface area contributed by atoms with Gasteiger partial charge < -0.3 is 9.84 Å². The van der Waals surface area contributed by atoms with Gasteiger partial charge >= 0.3 is 0 Å². The van der Waals surface area contributed by atoms with E-state index in [9.17, 15) is 14.7 Å². The van der Waals surface area contributed by atoms with Crippen LogP contribution in [0.2, 0.25) is 0 Å². The minimum absolute atomic E-state index is 0.0128. The standard InChI is InChI=1S/C27H35NO4/c1-14(2)19-12-20-24(27(31)28(6)26(20)30)21-13-32-22(23(19)21)8-7-15(3)9-18-10-16(4)25(29)17(5)11-18/h9-11,14,20-22,24,29H,7-8,12-13H2,1-6H3/b15-9+/t20-,21+,22-,24-/m1/s1. The maximum atomic E-state index is 12.8. The van der Waals surface area contributed by atoms with E-state index in [4.69, 9.17) is 4.74 Å². The fourth-order valence-corrected chi connectivity index (χ4v) is 5.90. The minimum Gasteiger partial charge on any atom is -0.507 e. The zero-order valence-corrected chi connectivity index (χ0v) is 20.1. The predicted octanol–water partition coefficient (Wildman–Crippen LogP) is 4.79. The number of phenols is 1. The highest BCUT2D eigenvalue weighted by Gasteiger charge is 2.56. The number of carbonyl (C=O) groups is 2. The summed E-state index contributed by atoms with van der Waals surface area (Å²) in [4.78, 5) is 26.8. The lowest BCUT2D eigenvalue weighted by Gasteiger charge is -2.33. The van der Waals surface area contributed by atoms with E-state index >= 15 is 0 Å². The molecule has 4 rings (SSSR count). The van der Waals surface area contributed by atoms with Gasteiger partial charge in [-0.2, -0.15) is 0 Å². The summed E-state index contributed by atoms with van der Waals surface area (Å²) < 4.78 is 6.26. The Morgan fingerprint density at radius 2 is 1.84 bits per heavy atom. The van der Waals surface area contributed by atoms with Crippen LogP contribution in [0.3, 0.4) is 0 Å². The molecule has 0 saturated carbocycles. The summed E-state index contributed by atoms with van der Waals surface area (Å²) in [6, 6.07) is 4.02. The minimum atomic E-state index is -0.255. The third-order valence-corrected chi connectivity index (χ3v) is 7.59. The van der Waals surface area contributed by atoms with Crippen molar-refractivity contribution >= 4 is 17.9 Å². The van der Waals surface area contributed by atoms with Crippen LogP contribution in [0.15, 0.2) is 28.9 Å². The molecule has 32 heavy (non-hydrogen) atoms. The molecule has 2 aliphatic heterocycles. The molecule has 0 aromatic heterocycles. The molecule has 5 heteroatoms. The lowest BCUT2D eigenvalue weighted by molar-refractivity contribution is -0.138. The van der Waals surface area contributed by atoms with Crippen molar-refractivity contribution in [2.24, 2.45) is 23.7 Å². The molecule has 3 aliphatic rings. The quantitative estimate of drug-likeness (QED) is 0.531. The number of phenolic OH excluding ortho intramolecular Hbond substituents is 1. The number of amides is 2. The number of carbonyl (C=O) groups excluding carboxylic acids is 2. The van der Waals surface area contributed by atoms with E-state index in [1.54, 1.807) is 7.05 Å². The highest BCUT2D eigenvalue weighted by molar-refractivity contribution is 6.05.